The molecule has 3 aromatic rings. The Hall–Kier alpha value is -3.02. The molecule has 4 rings (SSSR count). The van der Waals surface area contributed by atoms with Crippen molar-refractivity contribution in [2.24, 2.45) is 5.92 Å². The Bertz CT molecular complexity index is 1440. The Morgan fingerprint density at radius 1 is 0.875 bits per heavy atom. The van der Waals surface area contributed by atoms with E-state index in [2.05, 4.69) is 5.32 Å². The van der Waals surface area contributed by atoms with E-state index in [1.54, 1.807) is 0 Å². The third kappa shape index (κ3) is 6.01. The van der Waals surface area contributed by atoms with Crippen molar-refractivity contribution < 1.29 is 40.3 Å². The molecular formula is C26H16Cl3F7N2O2. The molecule has 0 bridgehead atoms. The zero-order chi connectivity index (χ0) is 29.8. The fourth-order valence-electron chi connectivity index (χ4n) is 4.18. The minimum Gasteiger partial charge on any atom is -0.326 e. The number of hydrogen-bond acceptors (Lipinski definition) is 2. The van der Waals surface area contributed by atoms with Crippen LogP contribution in [0, 0.1) is 11.7 Å². The van der Waals surface area contributed by atoms with Crippen molar-refractivity contribution >= 4 is 58.0 Å². The van der Waals surface area contributed by atoms with Crippen LogP contribution in [-0.2, 0) is 17.1 Å². The highest BCUT2D eigenvalue weighted by Gasteiger charge is 2.68. The lowest BCUT2D eigenvalue weighted by molar-refractivity contribution is -0.143. The second-order valence-electron chi connectivity index (χ2n) is 8.99. The fraction of sp³-hybridized carbons (Fsp3) is 0.231. The van der Waals surface area contributed by atoms with Crippen molar-refractivity contribution in [3.63, 3.8) is 0 Å². The van der Waals surface area contributed by atoms with Crippen LogP contribution in [0.1, 0.15) is 33.0 Å². The van der Waals surface area contributed by atoms with Crippen molar-refractivity contribution in [1.82, 2.24) is 0 Å². The summed E-state index contributed by atoms with van der Waals surface area (Å²) in [6.45, 7) is 0. The molecule has 14 heteroatoms. The zero-order valence-corrected chi connectivity index (χ0v) is 22.2. The lowest BCUT2D eigenvalue weighted by atomic mass is 10.0. The smallest absolute Gasteiger partial charge is 0.326 e. The fourth-order valence-corrected chi connectivity index (χ4v) is 5.20. The van der Waals surface area contributed by atoms with Crippen molar-refractivity contribution in [2.75, 3.05) is 17.3 Å². The molecule has 2 atom stereocenters. The van der Waals surface area contributed by atoms with Gasteiger partial charge in [-0.3, -0.25) is 9.59 Å². The highest BCUT2D eigenvalue weighted by molar-refractivity contribution is 6.53. The van der Waals surface area contributed by atoms with Gasteiger partial charge in [0.05, 0.1) is 27.6 Å². The number of benzene rings is 3. The summed E-state index contributed by atoms with van der Waals surface area (Å²) in [6, 6.07) is 9.75. The highest BCUT2D eigenvalue weighted by atomic mass is 35.5. The Morgan fingerprint density at radius 2 is 1.43 bits per heavy atom. The topological polar surface area (TPSA) is 49.4 Å². The standard InChI is InChI=1S/C26H16Cl3F7N2O2/c1-38(17-5-2-15(30)3-6-17)23(40)18-11-16(4-7-19(18)27)37-22(39)21-20(24(21,28)29)12-8-13(25(31,32)33)10-14(9-12)26(34,35)36/h2-11,20-21H,1H3,(H,37,39). The number of carbonyl (C=O) groups is 2. The van der Waals surface area contributed by atoms with Crippen LogP contribution in [0.25, 0.3) is 0 Å². The first-order valence-electron chi connectivity index (χ1n) is 11.2. The summed E-state index contributed by atoms with van der Waals surface area (Å²) in [7, 11) is 1.41. The predicted octanol–water partition coefficient (Wildman–Crippen LogP) is 8.32. The summed E-state index contributed by atoms with van der Waals surface area (Å²) in [6.07, 6.45) is -10.2. The number of halogens is 10. The molecule has 0 heterocycles. The quantitative estimate of drug-likeness (QED) is 0.229. The van der Waals surface area contributed by atoms with Crippen molar-refractivity contribution in [3.8, 4) is 0 Å². The van der Waals surface area contributed by atoms with E-state index in [9.17, 15) is 40.3 Å². The molecule has 212 valence electrons. The van der Waals surface area contributed by atoms with Crippen LogP contribution >= 0.6 is 34.8 Å². The Balaban J connectivity index is 1.59. The van der Waals surface area contributed by atoms with Gasteiger partial charge in [0.15, 0.2) is 0 Å². The number of nitrogens with zero attached hydrogens (tertiary/aromatic N) is 1. The first kappa shape index (κ1) is 30.0. The van der Waals surface area contributed by atoms with Gasteiger partial charge in [0.25, 0.3) is 5.91 Å². The molecule has 0 radical (unpaired) electrons. The molecule has 1 aliphatic rings. The molecule has 0 spiro atoms. The van der Waals surface area contributed by atoms with E-state index in [1.807, 2.05) is 0 Å². The lowest BCUT2D eigenvalue weighted by Crippen LogP contribution is -2.26. The van der Waals surface area contributed by atoms with E-state index < -0.39 is 62.8 Å². The summed E-state index contributed by atoms with van der Waals surface area (Å²) >= 11 is 18.5. The third-order valence-electron chi connectivity index (χ3n) is 6.29. The van der Waals surface area contributed by atoms with Gasteiger partial charge in [-0.15, -0.1) is 23.2 Å². The van der Waals surface area contributed by atoms with Crippen LogP contribution in [0.2, 0.25) is 5.02 Å². The second kappa shape index (κ2) is 10.4. The summed E-state index contributed by atoms with van der Waals surface area (Å²) < 4.78 is 91.0. The van der Waals surface area contributed by atoms with Crippen molar-refractivity contribution in [2.45, 2.75) is 22.6 Å². The number of carbonyl (C=O) groups excluding carboxylic acids is 2. The average Bonchev–Trinajstić information content (AvgIpc) is 3.45. The van der Waals surface area contributed by atoms with Gasteiger partial charge in [-0.05, 0) is 66.2 Å². The molecule has 2 amide bonds. The molecule has 40 heavy (non-hydrogen) atoms. The van der Waals surface area contributed by atoms with Gasteiger partial charge >= 0.3 is 12.4 Å². The van der Waals surface area contributed by atoms with Gasteiger partial charge in [-0.25, -0.2) is 4.39 Å². The van der Waals surface area contributed by atoms with E-state index in [0.29, 0.717) is 17.8 Å². The first-order chi connectivity index (χ1) is 18.4. The van der Waals surface area contributed by atoms with E-state index in [1.165, 1.54) is 42.3 Å². The minimum absolute atomic E-state index is 0.00828. The van der Waals surface area contributed by atoms with Gasteiger partial charge in [0.1, 0.15) is 10.2 Å². The monoisotopic (exact) mass is 626 g/mol. The Kier molecular flexibility index (Phi) is 7.81. The molecular weight excluding hydrogens is 612 g/mol. The van der Waals surface area contributed by atoms with E-state index >= 15 is 0 Å². The van der Waals surface area contributed by atoms with Crippen molar-refractivity contribution in [1.29, 1.82) is 0 Å². The molecule has 1 aliphatic carbocycles. The molecule has 3 aromatic carbocycles. The third-order valence-corrected chi connectivity index (χ3v) is 7.56. The molecule has 0 aromatic heterocycles. The average molecular weight is 628 g/mol. The van der Waals surface area contributed by atoms with Crippen LogP contribution < -0.4 is 10.2 Å². The molecule has 0 saturated heterocycles. The summed E-state index contributed by atoms with van der Waals surface area (Å²) in [4.78, 5) is 27.2. The number of hydrogen-bond donors (Lipinski definition) is 1. The van der Waals surface area contributed by atoms with E-state index in [0.717, 1.165) is 12.1 Å². The maximum atomic E-state index is 13.3. The van der Waals surface area contributed by atoms with Crippen LogP contribution in [0.4, 0.5) is 42.1 Å². The maximum Gasteiger partial charge on any atom is 0.416 e. The molecule has 1 N–H and O–H groups in total. The number of amides is 2. The molecule has 4 nitrogen and oxygen atoms in total. The van der Waals surface area contributed by atoms with Crippen LogP contribution in [0.5, 0.6) is 0 Å². The highest BCUT2D eigenvalue weighted by Crippen LogP contribution is 2.65. The SMILES string of the molecule is CN(C(=O)c1cc(NC(=O)C2C(c3cc(C(F)(F)F)cc(C(F)(F)F)c3)C2(Cl)Cl)ccc1Cl)c1ccc(F)cc1. The first-order valence-corrected chi connectivity index (χ1v) is 12.4. The van der Waals surface area contributed by atoms with Gasteiger partial charge in [-0.1, -0.05) is 11.6 Å². The summed E-state index contributed by atoms with van der Waals surface area (Å²) in [5.41, 5.74) is -3.35. The van der Waals surface area contributed by atoms with Crippen molar-refractivity contribution in [3.05, 3.63) is 93.8 Å². The Labute approximate surface area is 237 Å². The van der Waals surface area contributed by atoms with Gasteiger partial charge < -0.3 is 10.2 Å². The zero-order valence-electron chi connectivity index (χ0n) is 20.0. The Morgan fingerprint density at radius 3 is 1.95 bits per heavy atom. The number of alkyl halides is 8. The van der Waals surface area contributed by atoms with E-state index in [4.69, 9.17) is 34.8 Å². The molecule has 0 aliphatic heterocycles. The van der Waals surface area contributed by atoms with E-state index in [-0.39, 0.29) is 22.3 Å². The van der Waals surface area contributed by atoms with Crippen LogP contribution in [-0.4, -0.2) is 23.2 Å². The minimum atomic E-state index is -5.10. The number of nitrogens with one attached hydrogen (secondary N) is 1. The van der Waals surface area contributed by atoms with Crippen LogP contribution in [0.15, 0.2) is 60.7 Å². The van der Waals surface area contributed by atoms with Crippen LogP contribution in [0.3, 0.4) is 0 Å². The van der Waals surface area contributed by atoms with Gasteiger partial charge in [-0.2, -0.15) is 26.3 Å². The number of rotatable bonds is 5. The largest absolute Gasteiger partial charge is 0.416 e. The molecule has 1 saturated carbocycles. The summed E-state index contributed by atoms with van der Waals surface area (Å²) in [5, 5.41) is 2.43. The normalized spacial score (nSPS) is 18.3. The maximum absolute atomic E-state index is 13.3. The molecule has 2 unspecified atom stereocenters. The molecule has 1 fully saturated rings. The lowest BCUT2D eigenvalue weighted by Gasteiger charge is -2.18. The second-order valence-corrected chi connectivity index (χ2v) is 10.8. The van der Waals surface area contributed by atoms with Gasteiger partial charge in [0, 0.05) is 24.3 Å². The number of anilines is 2. The predicted molar refractivity (Wildman–Crippen MR) is 136 cm³/mol. The summed E-state index contributed by atoms with van der Waals surface area (Å²) in [5.74, 6) is -4.85. The van der Waals surface area contributed by atoms with Gasteiger partial charge in [0.2, 0.25) is 5.91 Å².